The van der Waals surface area contributed by atoms with Crippen molar-refractivity contribution in [1.82, 2.24) is 4.57 Å². The topological polar surface area (TPSA) is 21.3 Å². The summed E-state index contributed by atoms with van der Waals surface area (Å²) in [5.74, 6) is 0. The van der Waals surface area contributed by atoms with E-state index in [1.54, 1.807) is 0 Å². The number of hydrogen-bond acceptors (Lipinski definition) is 2. The van der Waals surface area contributed by atoms with Crippen LogP contribution in [0.15, 0.2) is 271 Å². The molecule has 0 fully saturated rings. The second-order valence-electron chi connectivity index (χ2n) is 18.4. The van der Waals surface area contributed by atoms with E-state index in [2.05, 4.69) is 264 Å². The fourth-order valence-corrected chi connectivity index (χ4v) is 11.0. The van der Waals surface area contributed by atoms with E-state index in [0.717, 1.165) is 72.5 Å². The van der Waals surface area contributed by atoms with Gasteiger partial charge in [0.2, 0.25) is 0 Å². The fraction of sp³-hybridized carbons (Fsp3) is 0. The number of nitrogens with zero attached hydrogens (tertiary/aromatic N) is 2. The first kappa shape index (κ1) is 40.6. The van der Waals surface area contributed by atoms with Gasteiger partial charge in [-0.25, -0.2) is 0 Å². The SMILES string of the molecule is c1cc(-c2cccc3oc4ccccc4c23)cc(N(c2ccc(-c3ccc(-c4ccc(-n5c6ccccc6c6ccccc65)cc4)cc3)cc2)c2ccccc2-c2ccc3c(ccc4ccccc43)c2)c1. The van der Waals surface area contributed by atoms with Crippen molar-refractivity contribution in [2.24, 2.45) is 0 Å². The van der Waals surface area contributed by atoms with Crippen molar-refractivity contribution < 1.29 is 4.42 Å². The lowest BCUT2D eigenvalue weighted by molar-refractivity contribution is 0.669. The molecule has 0 aliphatic rings. The normalized spacial score (nSPS) is 11.7. The third-order valence-electron chi connectivity index (χ3n) is 14.4. The van der Waals surface area contributed by atoms with Gasteiger partial charge < -0.3 is 13.9 Å². The van der Waals surface area contributed by atoms with Gasteiger partial charge in [-0.1, -0.05) is 194 Å². The van der Waals surface area contributed by atoms with E-state index in [9.17, 15) is 0 Å². The summed E-state index contributed by atoms with van der Waals surface area (Å²) in [6, 6.07) is 96.7. The maximum Gasteiger partial charge on any atom is 0.136 e. The van der Waals surface area contributed by atoms with Crippen molar-refractivity contribution in [2.75, 3.05) is 4.90 Å². The Morgan fingerprint density at radius 2 is 0.817 bits per heavy atom. The van der Waals surface area contributed by atoms with Crippen molar-refractivity contribution in [3.63, 3.8) is 0 Å². The van der Waals surface area contributed by atoms with Crippen molar-refractivity contribution in [2.45, 2.75) is 0 Å². The second-order valence-corrected chi connectivity index (χ2v) is 18.4. The van der Waals surface area contributed by atoms with Gasteiger partial charge in [-0.2, -0.15) is 0 Å². The molecule has 0 radical (unpaired) electrons. The molecule has 3 nitrogen and oxygen atoms in total. The van der Waals surface area contributed by atoms with E-state index in [-0.39, 0.29) is 0 Å². The molecule has 2 heterocycles. The van der Waals surface area contributed by atoms with Crippen molar-refractivity contribution in [1.29, 1.82) is 0 Å². The van der Waals surface area contributed by atoms with Crippen LogP contribution < -0.4 is 4.90 Å². The van der Waals surface area contributed by atoms with Crippen LogP contribution in [0.1, 0.15) is 0 Å². The average Bonchev–Trinajstić information content (AvgIpc) is 4.00. The molecular formula is C68H44N2O. The molecule has 0 saturated carbocycles. The zero-order valence-electron chi connectivity index (χ0n) is 38.7. The zero-order valence-corrected chi connectivity index (χ0v) is 38.7. The molecule has 3 heteroatoms. The molecule has 0 atom stereocenters. The summed E-state index contributed by atoms with van der Waals surface area (Å²) in [5.41, 5.74) is 17.9. The fourth-order valence-electron chi connectivity index (χ4n) is 11.0. The van der Waals surface area contributed by atoms with Crippen LogP contribution in [-0.4, -0.2) is 4.57 Å². The first-order valence-electron chi connectivity index (χ1n) is 24.3. The van der Waals surface area contributed by atoms with Crippen LogP contribution in [0, 0.1) is 0 Å². The molecule has 0 amide bonds. The number of rotatable bonds is 8. The summed E-state index contributed by atoms with van der Waals surface area (Å²) in [5, 5.41) is 9.78. The minimum atomic E-state index is 0.886. The van der Waals surface area contributed by atoms with E-state index in [0.29, 0.717) is 0 Å². The third-order valence-corrected chi connectivity index (χ3v) is 14.4. The second kappa shape index (κ2) is 16.7. The Bertz CT molecular complexity index is 4280. The molecular weight excluding hydrogens is 861 g/mol. The highest BCUT2D eigenvalue weighted by atomic mass is 16.3. The van der Waals surface area contributed by atoms with Gasteiger partial charge in [0, 0.05) is 44.2 Å². The van der Waals surface area contributed by atoms with Gasteiger partial charge >= 0.3 is 0 Å². The van der Waals surface area contributed by atoms with Crippen LogP contribution in [0.2, 0.25) is 0 Å². The summed E-state index contributed by atoms with van der Waals surface area (Å²) >= 11 is 0. The van der Waals surface area contributed by atoms with Crippen LogP contribution in [0.5, 0.6) is 0 Å². The Labute approximate surface area is 411 Å². The lowest BCUT2D eigenvalue weighted by atomic mass is 9.95. The highest BCUT2D eigenvalue weighted by Gasteiger charge is 2.20. The van der Waals surface area contributed by atoms with Crippen LogP contribution in [-0.2, 0) is 0 Å². The Kier molecular flexibility index (Phi) is 9.53. The maximum absolute atomic E-state index is 6.36. The number of furan rings is 1. The molecule has 0 aliphatic heterocycles. The van der Waals surface area contributed by atoms with Gasteiger partial charge in [-0.3, -0.25) is 0 Å². The van der Waals surface area contributed by atoms with Crippen molar-refractivity contribution in [3.05, 3.63) is 267 Å². The smallest absolute Gasteiger partial charge is 0.136 e. The molecule has 332 valence electrons. The highest BCUT2D eigenvalue weighted by molar-refractivity contribution is 6.13. The average molecular weight is 905 g/mol. The monoisotopic (exact) mass is 904 g/mol. The first-order valence-corrected chi connectivity index (χ1v) is 24.3. The van der Waals surface area contributed by atoms with Gasteiger partial charge in [0.05, 0.1) is 16.7 Å². The van der Waals surface area contributed by atoms with E-state index in [1.807, 2.05) is 12.1 Å². The standard InChI is InChI=1S/C68H44N2O/c1-2-16-56-49(13-1)31-32-51-43-52(37-42-57(51)56)58-17-3-7-22-63(58)69(55-15-11-14-50(44-55)59-21-12-26-67-68(59)62-20-6-10-25-66(62)71-67)53-38-33-47(34-39-53)45-27-29-46(30-28-45)48-35-40-54(41-36-48)70-64-23-8-4-18-60(64)61-19-5-9-24-65(61)70/h1-44H. The predicted octanol–water partition coefficient (Wildman–Crippen LogP) is 19.1. The van der Waals surface area contributed by atoms with Crippen LogP contribution in [0.25, 0.3) is 115 Å². The predicted molar refractivity (Wildman–Crippen MR) is 299 cm³/mol. The van der Waals surface area contributed by atoms with Gasteiger partial charge in [0.25, 0.3) is 0 Å². The summed E-state index contributed by atoms with van der Waals surface area (Å²) < 4.78 is 8.72. The first-order chi connectivity index (χ1) is 35.2. The lowest BCUT2D eigenvalue weighted by Crippen LogP contribution is -2.11. The molecule has 0 saturated heterocycles. The zero-order chi connectivity index (χ0) is 46.8. The number of para-hydroxylation sites is 4. The highest BCUT2D eigenvalue weighted by Crippen LogP contribution is 2.45. The van der Waals surface area contributed by atoms with Crippen LogP contribution in [0.4, 0.5) is 17.1 Å². The van der Waals surface area contributed by atoms with Crippen LogP contribution >= 0.6 is 0 Å². The number of aromatic nitrogens is 1. The van der Waals surface area contributed by atoms with Crippen molar-refractivity contribution >= 4 is 82.4 Å². The number of fused-ring (bicyclic) bond motifs is 9. The van der Waals surface area contributed by atoms with Gasteiger partial charge in [-0.15, -0.1) is 0 Å². The summed E-state index contributed by atoms with van der Waals surface area (Å²) in [4.78, 5) is 2.41. The molecule has 12 aromatic carbocycles. The van der Waals surface area contributed by atoms with Crippen molar-refractivity contribution in [3.8, 4) is 50.2 Å². The molecule has 0 unspecified atom stereocenters. The Morgan fingerprint density at radius 1 is 0.296 bits per heavy atom. The molecule has 2 aromatic heterocycles. The molecule has 14 rings (SSSR count). The van der Waals surface area contributed by atoms with E-state index in [1.165, 1.54) is 60.0 Å². The van der Waals surface area contributed by atoms with E-state index >= 15 is 0 Å². The minimum Gasteiger partial charge on any atom is -0.456 e. The minimum absolute atomic E-state index is 0.886. The lowest BCUT2D eigenvalue weighted by Gasteiger charge is -2.28. The molecule has 0 aliphatic carbocycles. The van der Waals surface area contributed by atoms with E-state index in [4.69, 9.17) is 4.42 Å². The van der Waals surface area contributed by atoms with Gasteiger partial charge in [-0.05, 0) is 133 Å². The molecule has 0 N–H and O–H groups in total. The summed E-state index contributed by atoms with van der Waals surface area (Å²) in [7, 11) is 0. The quantitative estimate of drug-likeness (QED) is 0.142. The third kappa shape index (κ3) is 6.89. The summed E-state index contributed by atoms with van der Waals surface area (Å²) in [6.07, 6.45) is 0. The number of anilines is 3. The molecule has 0 spiro atoms. The Balaban J connectivity index is 0.834. The molecule has 14 aromatic rings. The summed E-state index contributed by atoms with van der Waals surface area (Å²) in [6.45, 7) is 0. The Morgan fingerprint density at radius 3 is 1.56 bits per heavy atom. The molecule has 0 bridgehead atoms. The van der Waals surface area contributed by atoms with E-state index < -0.39 is 0 Å². The number of benzene rings is 12. The Hall–Kier alpha value is -9.44. The van der Waals surface area contributed by atoms with Gasteiger partial charge in [0.1, 0.15) is 11.2 Å². The maximum atomic E-state index is 6.36. The number of hydrogen-bond donors (Lipinski definition) is 0. The molecule has 71 heavy (non-hydrogen) atoms. The largest absolute Gasteiger partial charge is 0.456 e. The van der Waals surface area contributed by atoms with Crippen LogP contribution in [0.3, 0.4) is 0 Å². The van der Waals surface area contributed by atoms with Gasteiger partial charge in [0.15, 0.2) is 0 Å².